The summed E-state index contributed by atoms with van der Waals surface area (Å²) in [6.07, 6.45) is -5.80. The highest BCUT2D eigenvalue weighted by Crippen LogP contribution is 2.45. The van der Waals surface area contributed by atoms with Gasteiger partial charge in [-0.1, -0.05) is 12.1 Å². The number of hydrogen-bond acceptors (Lipinski definition) is 10. The van der Waals surface area contributed by atoms with Gasteiger partial charge in [0.05, 0.1) is 20.6 Å². The number of carbonyl (C=O) groups is 1. The summed E-state index contributed by atoms with van der Waals surface area (Å²) in [6, 6.07) is 0.868. The van der Waals surface area contributed by atoms with Gasteiger partial charge in [-0.05, 0) is 29.8 Å². The highest BCUT2D eigenvalue weighted by molar-refractivity contribution is 6.05. The van der Waals surface area contributed by atoms with E-state index in [-0.39, 0.29) is 28.4 Å². The van der Waals surface area contributed by atoms with Crippen LogP contribution >= 0.6 is 0 Å². The lowest BCUT2D eigenvalue weighted by Crippen LogP contribution is -2.37. The van der Waals surface area contributed by atoms with Gasteiger partial charge in [0.15, 0.2) is 47.4 Å². The highest BCUT2D eigenvalue weighted by Gasteiger charge is 2.40. The van der Waals surface area contributed by atoms with Crippen molar-refractivity contribution in [1.29, 1.82) is 0 Å². The minimum absolute atomic E-state index is 0.0167. The molecule has 0 bridgehead atoms. The zero-order chi connectivity index (χ0) is 29.2. The van der Waals surface area contributed by atoms with Gasteiger partial charge in [-0.15, -0.1) is 0 Å². The van der Waals surface area contributed by atoms with Crippen LogP contribution in [0.15, 0.2) is 48.4 Å². The molecule has 182 valence electrons. The number of benzene rings is 3. The molecule has 5 rings (SSSR count). The van der Waals surface area contributed by atoms with Crippen molar-refractivity contribution in [2.45, 2.75) is 24.4 Å². The summed E-state index contributed by atoms with van der Waals surface area (Å²) in [4.78, 5) is 12.9. The van der Waals surface area contributed by atoms with Crippen LogP contribution in [0.1, 0.15) is 40.5 Å². The lowest BCUT2D eigenvalue weighted by Gasteiger charge is -2.35. The summed E-state index contributed by atoms with van der Waals surface area (Å²) in [7, 11) is 1.17. The molecule has 0 aromatic heterocycles. The standard InChI is InChI=1S/C25H22O10/c1-32-17-6-11(2-4-14(17)28)24-20(10-26)33-16-5-3-12(7-18(16)34-24)25-23(31)22(30)21-15(29)8-13(27)9-19(21)35-25/h2-9,20,23-29,31H,10H2,1H3/t20-,23+,24-,25-/m1/s1/i2D,4D,6D,8D,9D. The second-order valence-corrected chi connectivity index (χ2v) is 7.75. The molecule has 5 N–H and O–H groups in total. The van der Waals surface area contributed by atoms with E-state index in [2.05, 4.69) is 0 Å². The number of rotatable bonds is 4. The third kappa shape index (κ3) is 3.82. The lowest BCUT2D eigenvalue weighted by molar-refractivity contribution is -0.0130. The maximum absolute atomic E-state index is 12.9. The van der Waals surface area contributed by atoms with E-state index in [1.165, 1.54) is 25.3 Å². The molecule has 0 saturated heterocycles. The molecule has 35 heavy (non-hydrogen) atoms. The minimum atomic E-state index is -1.89. The number of aliphatic hydroxyl groups excluding tert-OH is 2. The van der Waals surface area contributed by atoms with Gasteiger partial charge in [-0.3, -0.25) is 4.79 Å². The zero-order valence-electron chi connectivity index (χ0n) is 23.0. The Bertz CT molecular complexity index is 1560. The van der Waals surface area contributed by atoms with Crippen LogP contribution in [0.5, 0.6) is 40.2 Å². The molecule has 3 aromatic carbocycles. The summed E-state index contributed by atoms with van der Waals surface area (Å²) in [5.41, 5.74) is -0.688. The SMILES string of the molecule is [2H]c1c([2H])c([C@H]2Oc3cc([C@H]4Oc5c([2H])c(O)c([2H])c(O)c5C(=O)[C@@H]4O)ccc3O[C@@H]2CO)c([2H])c(OC)c1O. The van der Waals surface area contributed by atoms with Crippen molar-refractivity contribution in [2.75, 3.05) is 13.7 Å². The quantitative estimate of drug-likeness (QED) is 0.370. The molecule has 2 aliphatic rings. The Morgan fingerprint density at radius 3 is 2.46 bits per heavy atom. The van der Waals surface area contributed by atoms with E-state index < -0.39 is 95.6 Å². The number of hydrogen-bond donors (Lipinski definition) is 5. The summed E-state index contributed by atoms with van der Waals surface area (Å²) in [5.74, 6) is -4.43. The number of ether oxygens (including phenoxy) is 4. The Labute approximate surface area is 206 Å². The number of phenols is 3. The fourth-order valence-corrected chi connectivity index (χ4v) is 3.92. The van der Waals surface area contributed by atoms with E-state index in [0.29, 0.717) is 0 Å². The number of ketones is 1. The second-order valence-electron chi connectivity index (χ2n) is 7.75. The van der Waals surface area contributed by atoms with E-state index in [9.17, 15) is 30.3 Å². The number of phenolic OH excluding ortho intramolecular Hbond substituents is 3. The van der Waals surface area contributed by atoms with Crippen LogP contribution in [0.4, 0.5) is 0 Å². The van der Waals surface area contributed by atoms with Gasteiger partial charge in [0.2, 0.25) is 5.78 Å². The van der Waals surface area contributed by atoms with E-state index in [1.54, 1.807) is 0 Å². The molecule has 0 aliphatic carbocycles. The molecule has 2 heterocycles. The fourth-order valence-electron chi connectivity index (χ4n) is 3.92. The Balaban J connectivity index is 1.57. The summed E-state index contributed by atoms with van der Waals surface area (Å²) < 4.78 is 63.1. The van der Waals surface area contributed by atoms with Crippen LogP contribution in [-0.4, -0.2) is 57.2 Å². The number of aromatic hydroxyl groups is 3. The van der Waals surface area contributed by atoms with Gasteiger partial charge in [0.1, 0.15) is 22.8 Å². The number of Topliss-reactive ketones (excluding diaryl/α,β-unsaturated/α-hetero) is 1. The lowest BCUT2D eigenvalue weighted by atomic mass is 9.92. The van der Waals surface area contributed by atoms with Crippen LogP contribution in [0, 0.1) is 0 Å². The van der Waals surface area contributed by atoms with E-state index in [1.807, 2.05) is 0 Å². The van der Waals surface area contributed by atoms with Gasteiger partial charge < -0.3 is 44.5 Å². The molecule has 0 fully saturated rings. The predicted octanol–water partition coefficient (Wildman–Crippen LogP) is 2.36. The Kier molecular flexibility index (Phi) is 4.24. The predicted molar refractivity (Wildman–Crippen MR) is 119 cm³/mol. The van der Waals surface area contributed by atoms with Crippen LogP contribution in [0.3, 0.4) is 0 Å². The molecule has 2 aliphatic heterocycles. The van der Waals surface area contributed by atoms with Gasteiger partial charge in [0.25, 0.3) is 0 Å². The largest absolute Gasteiger partial charge is 0.508 e. The average Bonchev–Trinajstić information content (AvgIpc) is 2.94. The van der Waals surface area contributed by atoms with Crippen molar-refractivity contribution < 1.29 is 56.1 Å². The van der Waals surface area contributed by atoms with E-state index >= 15 is 0 Å². The molecule has 0 radical (unpaired) electrons. The maximum Gasteiger partial charge on any atom is 0.202 e. The monoisotopic (exact) mass is 487 g/mol. The summed E-state index contributed by atoms with van der Waals surface area (Å²) in [6.45, 7) is -0.617. The Hall–Kier alpha value is -4.15. The van der Waals surface area contributed by atoms with Crippen LogP contribution < -0.4 is 18.9 Å². The van der Waals surface area contributed by atoms with Crippen molar-refractivity contribution in [3.8, 4) is 40.2 Å². The first-order valence-corrected chi connectivity index (χ1v) is 10.3. The fraction of sp³-hybridized carbons (Fsp3) is 0.240. The summed E-state index contributed by atoms with van der Waals surface area (Å²) >= 11 is 0. The molecule has 0 unspecified atom stereocenters. The van der Waals surface area contributed by atoms with Gasteiger partial charge in [-0.25, -0.2) is 0 Å². The number of fused-ring (bicyclic) bond motifs is 2. The molecule has 3 aromatic rings. The molecule has 0 spiro atoms. The van der Waals surface area contributed by atoms with Crippen LogP contribution in [-0.2, 0) is 0 Å². The molecule has 0 amide bonds. The molecular formula is C25H22O10. The van der Waals surface area contributed by atoms with E-state index in [4.69, 9.17) is 25.8 Å². The zero-order valence-corrected chi connectivity index (χ0v) is 18.0. The Morgan fingerprint density at radius 1 is 0.943 bits per heavy atom. The van der Waals surface area contributed by atoms with Crippen LogP contribution in [0.2, 0.25) is 0 Å². The number of aliphatic hydroxyl groups is 2. The first-order chi connectivity index (χ1) is 18.9. The molecular weight excluding hydrogens is 460 g/mol. The molecule has 10 heteroatoms. The van der Waals surface area contributed by atoms with Gasteiger partial charge in [0, 0.05) is 17.6 Å². The van der Waals surface area contributed by atoms with Crippen molar-refractivity contribution >= 4 is 5.78 Å². The number of methoxy groups -OCH3 is 1. The van der Waals surface area contributed by atoms with Crippen molar-refractivity contribution in [3.63, 3.8) is 0 Å². The van der Waals surface area contributed by atoms with E-state index in [0.717, 1.165) is 0 Å². The smallest absolute Gasteiger partial charge is 0.202 e. The highest BCUT2D eigenvalue weighted by atomic mass is 16.6. The van der Waals surface area contributed by atoms with Crippen molar-refractivity contribution in [1.82, 2.24) is 0 Å². The van der Waals surface area contributed by atoms with Crippen LogP contribution in [0.25, 0.3) is 0 Å². The molecule has 10 nitrogen and oxygen atoms in total. The average molecular weight is 487 g/mol. The van der Waals surface area contributed by atoms with Crippen molar-refractivity contribution in [3.05, 3.63) is 65.1 Å². The Morgan fingerprint density at radius 2 is 1.71 bits per heavy atom. The number of carbonyl (C=O) groups excluding carboxylic acids is 1. The van der Waals surface area contributed by atoms with Crippen molar-refractivity contribution in [2.24, 2.45) is 0 Å². The topological polar surface area (TPSA) is 155 Å². The first-order valence-electron chi connectivity index (χ1n) is 12.8. The van der Waals surface area contributed by atoms with Gasteiger partial charge >= 0.3 is 0 Å². The third-order valence-corrected chi connectivity index (χ3v) is 5.59. The first kappa shape index (κ1) is 17.3. The summed E-state index contributed by atoms with van der Waals surface area (Å²) in [5, 5.41) is 51.0. The second kappa shape index (κ2) is 8.57. The minimum Gasteiger partial charge on any atom is -0.508 e. The molecule has 0 saturated carbocycles. The van der Waals surface area contributed by atoms with Gasteiger partial charge in [-0.2, -0.15) is 0 Å². The molecule has 4 atom stereocenters. The third-order valence-electron chi connectivity index (χ3n) is 5.59. The normalized spacial score (nSPS) is 24.8. The maximum atomic E-state index is 12.9.